The molecule has 1 saturated heterocycles. The molecule has 0 aromatic heterocycles. The van der Waals surface area contributed by atoms with Gasteiger partial charge in [0.2, 0.25) is 0 Å². The lowest BCUT2D eigenvalue weighted by Gasteiger charge is -2.23. The average Bonchev–Trinajstić information content (AvgIpc) is 2.08. The van der Waals surface area contributed by atoms with Crippen LogP contribution in [0.2, 0.25) is 0 Å². The van der Waals surface area contributed by atoms with E-state index in [9.17, 15) is 0 Å². The first-order valence-corrected chi connectivity index (χ1v) is 3.93. The van der Waals surface area contributed by atoms with Crippen LogP contribution in [0.5, 0.6) is 0 Å². The van der Waals surface area contributed by atoms with Gasteiger partial charge in [0.15, 0.2) is 0 Å². The Morgan fingerprint density at radius 3 is 2.73 bits per heavy atom. The molecule has 0 aromatic carbocycles. The molecule has 1 atom stereocenters. The quantitative estimate of drug-likeness (QED) is 0.534. The van der Waals surface area contributed by atoms with E-state index in [2.05, 4.69) is 26.1 Å². The van der Waals surface area contributed by atoms with Gasteiger partial charge in [0.1, 0.15) is 0 Å². The van der Waals surface area contributed by atoms with Crippen molar-refractivity contribution in [3.63, 3.8) is 0 Å². The minimum Gasteiger partial charge on any atom is -0.383 e. The van der Waals surface area contributed by atoms with E-state index in [4.69, 9.17) is 5.26 Å². The fraction of sp³-hybridized carbons (Fsp3) is 0.667. The van der Waals surface area contributed by atoms with Crippen molar-refractivity contribution in [3.8, 4) is 6.07 Å². The first-order chi connectivity index (χ1) is 5.06. The highest BCUT2D eigenvalue weighted by atomic mass is 15.0. The van der Waals surface area contributed by atoms with E-state index < -0.39 is 0 Å². The van der Waals surface area contributed by atoms with Gasteiger partial charge in [0.25, 0.3) is 0 Å². The van der Waals surface area contributed by atoms with Crippen molar-refractivity contribution in [3.05, 3.63) is 11.8 Å². The Balaban J connectivity index is 2.74. The summed E-state index contributed by atoms with van der Waals surface area (Å²) in [6.07, 6.45) is 2.60. The van der Waals surface area contributed by atoms with Gasteiger partial charge in [-0.15, -0.1) is 0 Å². The number of nitrogens with one attached hydrogen (secondary N) is 1. The molecule has 2 nitrogen and oxygen atoms in total. The molecular weight excluding hydrogens is 136 g/mol. The van der Waals surface area contributed by atoms with Crippen LogP contribution >= 0.6 is 0 Å². The van der Waals surface area contributed by atoms with Crippen molar-refractivity contribution in [1.82, 2.24) is 5.32 Å². The van der Waals surface area contributed by atoms with E-state index in [1.807, 2.05) is 6.07 Å². The molecule has 0 saturated carbocycles. The number of allylic oxidation sites excluding steroid dienone is 2. The topological polar surface area (TPSA) is 35.8 Å². The molecule has 0 aromatic rings. The van der Waals surface area contributed by atoms with Crippen LogP contribution in [-0.2, 0) is 0 Å². The van der Waals surface area contributed by atoms with E-state index in [0.717, 1.165) is 12.1 Å². The van der Waals surface area contributed by atoms with E-state index >= 15 is 0 Å². The molecule has 1 aliphatic heterocycles. The number of hydrogen-bond acceptors (Lipinski definition) is 2. The lowest BCUT2D eigenvalue weighted by Crippen LogP contribution is -2.36. The molecule has 0 aliphatic carbocycles. The molecule has 1 unspecified atom stereocenters. The second-order valence-electron chi connectivity index (χ2n) is 3.75. The molecule has 11 heavy (non-hydrogen) atoms. The molecule has 0 bridgehead atoms. The van der Waals surface area contributed by atoms with E-state index in [0.29, 0.717) is 5.92 Å². The maximum absolute atomic E-state index is 8.42. The highest BCUT2D eigenvalue weighted by Gasteiger charge is 2.32. The predicted octanol–water partition coefficient (Wildman–Crippen LogP) is 1.80. The molecular formula is C9H14N2. The molecule has 1 rings (SSSR count). The second-order valence-corrected chi connectivity index (χ2v) is 3.75. The third-order valence-corrected chi connectivity index (χ3v) is 2.48. The summed E-state index contributed by atoms with van der Waals surface area (Å²) in [5.41, 5.74) is 1.23. The van der Waals surface area contributed by atoms with E-state index in [-0.39, 0.29) is 5.54 Å². The lowest BCUT2D eigenvalue weighted by molar-refractivity contribution is 0.360. The zero-order chi connectivity index (χ0) is 8.48. The number of nitriles is 1. The zero-order valence-corrected chi connectivity index (χ0v) is 7.31. The van der Waals surface area contributed by atoms with Gasteiger partial charge < -0.3 is 5.32 Å². The molecule has 1 heterocycles. The second kappa shape index (κ2) is 2.58. The highest BCUT2D eigenvalue weighted by Crippen LogP contribution is 2.30. The largest absolute Gasteiger partial charge is 0.383 e. The summed E-state index contributed by atoms with van der Waals surface area (Å²) in [6, 6.07) is 2.04. The standard InChI is InChI=1S/C9H14N2/c1-7-6-8(4-5-10)11-9(7,2)3/h4,7,11H,6H2,1-3H3. The van der Waals surface area contributed by atoms with Crippen LogP contribution in [-0.4, -0.2) is 5.54 Å². The zero-order valence-electron chi connectivity index (χ0n) is 7.31. The molecule has 2 heteroatoms. The van der Waals surface area contributed by atoms with Crippen LogP contribution in [0.3, 0.4) is 0 Å². The Morgan fingerprint density at radius 2 is 2.36 bits per heavy atom. The summed E-state index contributed by atoms with van der Waals surface area (Å²) in [4.78, 5) is 0. The number of rotatable bonds is 0. The molecule has 1 fully saturated rings. The first-order valence-electron chi connectivity index (χ1n) is 3.93. The third kappa shape index (κ3) is 1.54. The van der Waals surface area contributed by atoms with Crippen LogP contribution in [0.4, 0.5) is 0 Å². The first kappa shape index (κ1) is 8.13. The monoisotopic (exact) mass is 150 g/mol. The van der Waals surface area contributed by atoms with Crippen molar-refractivity contribution < 1.29 is 0 Å². The summed E-state index contributed by atoms with van der Waals surface area (Å²) in [5.74, 6) is 0.613. The summed E-state index contributed by atoms with van der Waals surface area (Å²) >= 11 is 0. The lowest BCUT2D eigenvalue weighted by atomic mass is 9.91. The molecule has 1 N–H and O–H groups in total. The third-order valence-electron chi connectivity index (χ3n) is 2.48. The Hall–Kier alpha value is -0.970. The van der Waals surface area contributed by atoms with Crippen molar-refractivity contribution >= 4 is 0 Å². The maximum atomic E-state index is 8.42. The van der Waals surface area contributed by atoms with Crippen LogP contribution < -0.4 is 5.32 Å². The SMILES string of the molecule is CC1CC(=CC#N)NC1(C)C. The summed E-state index contributed by atoms with van der Waals surface area (Å²) in [5, 5.41) is 11.7. The van der Waals surface area contributed by atoms with E-state index in [1.54, 1.807) is 6.08 Å². The van der Waals surface area contributed by atoms with Crippen molar-refractivity contribution in [2.45, 2.75) is 32.7 Å². The van der Waals surface area contributed by atoms with Gasteiger partial charge in [-0.3, -0.25) is 0 Å². The summed E-state index contributed by atoms with van der Waals surface area (Å²) < 4.78 is 0. The fourth-order valence-electron chi connectivity index (χ4n) is 1.35. The van der Waals surface area contributed by atoms with Gasteiger partial charge in [-0.2, -0.15) is 5.26 Å². The van der Waals surface area contributed by atoms with Crippen LogP contribution in [0.25, 0.3) is 0 Å². The Labute approximate surface area is 67.9 Å². The Bertz CT molecular complexity index is 220. The van der Waals surface area contributed by atoms with Crippen molar-refractivity contribution in [1.29, 1.82) is 5.26 Å². The van der Waals surface area contributed by atoms with Crippen molar-refractivity contribution in [2.24, 2.45) is 5.92 Å². The fourth-order valence-corrected chi connectivity index (χ4v) is 1.35. The Morgan fingerprint density at radius 1 is 1.73 bits per heavy atom. The molecule has 0 radical (unpaired) electrons. The van der Waals surface area contributed by atoms with Gasteiger partial charge in [-0.05, 0) is 26.2 Å². The minimum absolute atomic E-state index is 0.155. The van der Waals surface area contributed by atoms with Gasteiger partial charge in [-0.25, -0.2) is 0 Å². The van der Waals surface area contributed by atoms with Gasteiger partial charge >= 0.3 is 0 Å². The van der Waals surface area contributed by atoms with Crippen LogP contribution in [0, 0.1) is 17.2 Å². The van der Waals surface area contributed by atoms with Gasteiger partial charge in [0, 0.05) is 17.3 Å². The highest BCUT2D eigenvalue weighted by molar-refractivity contribution is 5.19. The predicted molar refractivity (Wildman–Crippen MR) is 44.7 cm³/mol. The normalized spacial score (nSPS) is 31.5. The van der Waals surface area contributed by atoms with E-state index in [1.165, 1.54) is 0 Å². The minimum atomic E-state index is 0.155. The molecule has 60 valence electrons. The Kier molecular flexibility index (Phi) is 1.90. The van der Waals surface area contributed by atoms with Gasteiger partial charge in [0.05, 0.1) is 6.07 Å². The van der Waals surface area contributed by atoms with Crippen LogP contribution in [0.15, 0.2) is 11.8 Å². The number of hydrogen-bond donors (Lipinski definition) is 1. The van der Waals surface area contributed by atoms with Crippen LogP contribution in [0.1, 0.15) is 27.2 Å². The van der Waals surface area contributed by atoms with Gasteiger partial charge in [-0.1, -0.05) is 6.92 Å². The molecule has 0 amide bonds. The van der Waals surface area contributed by atoms with Crippen molar-refractivity contribution in [2.75, 3.05) is 0 Å². The average molecular weight is 150 g/mol. The summed E-state index contributed by atoms with van der Waals surface area (Å²) in [6.45, 7) is 6.52. The number of nitrogens with zero attached hydrogens (tertiary/aromatic N) is 1. The molecule has 1 aliphatic rings. The smallest absolute Gasteiger partial charge is 0.0930 e. The maximum Gasteiger partial charge on any atom is 0.0930 e. The molecule has 0 spiro atoms. The summed E-state index contributed by atoms with van der Waals surface area (Å²) in [7, 11) is 0.